The van der Waals surface area contributed by atoms with Gasteiger partial charge in [-0.2, -0.15) is 5.10 Å². The summed E-state index contributed by atoms with van der Waals surface area (Å²) in [5.41, 5.74) is 7.12. The summed E-state index contributed by atoms with van der Waals surface area (Å²) in [5, 5.41) is 15.1. The minimum atomic E-state index is -0.246. The minimum absolute atomic E-state index is 0.122. The van der Waals surface area contributed by atoms with Crippen molar-refractivity contribution in [3.8, 4) is 5.75 Å². The fourth-order valence-corrected chi connectivity index (χ4v) is 4.65. The molecule has 0 aliphatic carbocycles. The van der Waals surface area contributed by atoms with E-state index in [2.05, 4.69) is 46.0 Å². The number of carbonyl (C=O) groups is 1. The first-order valence-corrected chi connectivity index (χ1v) is 12.6. The molecule has 7 nitrogen and oxygen atoms in total. The number of hydrazone groups is 1. The topological polar surface area (TPSA) is 82.8 Å². The second-order valence-corrected chi connectivity index (χ2v) is 8.89. The van der Waals surface area contributed by atoms with Crippen LogP contribution in [0.4, 0.5) is 5.69 Å². The monoisotopic (exact) mass is 487 g/mol. The highest BCUT2D eigenvalue weighted by molar-refractivity contribution is 7.99. The van der Waals surface area contributed by atoms with Gasteiger partial charge in [-0.05, 0) is 43.7 Å². The number of nitrogens with zero attached hydrogens (tertiary/aromatic N) is 4. The van der Waals surface area contributed by atoms with Crippen LogP contribution in [0.25, 0.3) is 11.0 Å². The smallest absolute Gasteiger partial charge is 0.250 e. The molecule has 2 N–H and O–H groups in total. The van der Waals surface area contributed by atoms with Gasteiger partial charge in [-0.1, -0.05) is 54.2 Å². The SMILES string of the molecule is CCN(CC)c1ccc(/C=N/NC(=O)CSc2nc3ccccc3n2Cc2ccccc2)c(O)c1. The molecule has 0 aliphatic rings. The number of carbonyl (C=O) groups excluding carboxylic acids is 1. The number of thioether (sulfide) groups is 1. The molecule has 0 spiro atoms. The molecule has 180 valence electrons. The Hall–Kier alpha value is -3.78. The van der Waals surface area contributed by atoms with E-state index in [-0.39, 0.29) is 17.4 Å². The minimum Gasteiger partial charge on any atom is -0.507 e. The number of anilines is 1. The molecule has 1 amide bonds. The van der Waals surface area contributed by atoms with Crippen molar-refractivity contribution in [1.29, 1.82) is 0 Å². The standard InChI is InChI=1S/C27H29N5O2S/c1-3-31(4-2)22-15-14-21(25(33)16-22)17-28-30-26(34)19-35-27-29-23-12-8-9-13-24(23)32(27)18-20-10-6-5-7-11-20/h5-17,33H,3-4,18-19H2,1-2H3,(H,30,34)/b28-17+. The Kier molecular flexibility index (Phi) is 8.05. The van der Waals surface area contributed by atoms with Crippen LogP contribution in [0.5, 0.6) is 5.75 Å². The number of imidazole rings is 1. The maximum atomic E-state index is 12.4. The van der Waals surface area contributed by atoms with Crippen LogP contribution in [-0.4, -0.2) is 45.6 Å². The van der Waals surface area contributed by atoms with Crippen LogP contribution in [0.2, 0.25) is 0 Å². The molecule has 8 heteroatoms. The van der Waals surface area contributed by atoms with Gasteiger partial charge in [0.2, 0.25) is 0 Å². The Morgan fingerprint density at radius 3 is 2.57 bits per heavy atom. The molecule has 35 heavy (non-hydrogen) atoms. The molecular formula is C27H29N5O2S. The van der Waals surface area contributed by atoms with Crippen molar-refractivity contribution in [2.24, 2.45) is 5.10 Å². The van der Waals surface area contributed by atoms with E-state index in [4.69, 9.17) is 4.98 Å². The second kappa shape index (κ2) is 11.6. The van der Waals surface area contributed by atoms with Gasteiger partial charge in [0.15, 0.2) is 5.16 Å². The summed E-state index contributed by atoms with van der Waals surface area (Å²) in [7, 11) is 0. The molecule has 0 fully saturated rings. The molecule has 4 rings (SSSR count). The first kappa shape index (κ1) is 24.3. The summed E-state index contributed by atoms with van der Waals surface area (Å²) in [5.74, 6) is 0.0442. The maximum absolute atomic E-state index is 12.4. The summed E-state index contributed by atoms with van der Waals surface area (Å²) < 4.78 is 2.13. The van der Waals surface area contributed by atoms with Gasteiger partial charge in [0, 0.05) is 30.4 Å². The average Bonchev–Trinajstić information content (AvgIpc) is 3.22. The summed E-state index contributed by atoms with van der Waals surface area (Å²) >= 11 is 1.37. The van der Waals surface area contributed by atoms with Crippen molar-refractivity contribution in [3.05, 3.63) is 83.9 Å². The van der Waals surface area contributed by atoms with Crippen molar-refractivity contribution in [2.75, 3.05) is 23.7 Å². The van der Waals surface area contributed by atoms with Crippen LogP contribution in [0.1, 0.15) is 25.0 Å². The highest BCUT2D eigenvalue weighted by Gasteiger charge is 2.13. The number of nitrogens with one attached hydrogen (secondary N) is 1. The van der Waals surface area contributed by atoms with Gasteiger partial charge in [0.05, 0.1) is 29.5 Å². The van der Waals surface area contributed by atoms with Gasteiger partial charge < -0.3 is 14.6 Å². The molecule has 0 saturated carbocycles. The van der Waals surface area contributed by atoms with Gasteiger partial charge in [0.25, 0.3) is 5.91 Å². The molecule has 0 atom stereocenters. The Labute approximate surface area is 209 Å². The predicted octanol–water partition coefficient (Wildman–Crippen LogP) is 4.88. The fraction of sp³-hybridized carbons (Fsp3) is 0.222. The van der Waals surface area contributed by atoms with Crippen LogP contribution < -0.4 is 10.3 Å². The van der Waals surface area contributed by atoms with E-state index in [0.717, 1.165) is 35.0 Å². The molecular weight excluding hydrogens is 458 g/mol. The molecule has 4 aromatic rings. The van der Waals surface area contributed by atoms with Crippen molar-refractivity contribution in [2.45, 2.75) is 25.5 Å². The van der Waals surface area contributed by atoms with E-state index >= 15 is 0 Å². The third-order valence-electron chi connectivity index (χ3n) is 5.67. The lowest BCUT2D eigenvalue weighted by molar-refractivity contribution is -0.118. The molecule has 1 aromatic heterocycles. The van der Waals surface area contributed by atoms with E-state index in [0.29, 0.717) is 12.1 Å². The maximum Gasteiger partial charge on any atom is 0.250 e. The lowest BCUT2D eigenvalue weighted by Gasteiger charge is -2.21. The molecule has 1 heterocycles. The van der Waals surface area contributed by atoms with Crippen molar-refractivity contribution in [3.63, 3.8) is 0 Å². The second-order valence-electron chi connectivity index (χ2n) is 7.95. The number of phenolic OH excluding ortho intramolecular Hbond substituents is 1. The van der Waals surface area contributed by atoms with Crippen LogP contribution >= 0.6 is 11.8 Å². The molecule has 0 bridgehead atoms. The van der Waals surface area contributed by atoms with Crippen molar-refractivity contribution in [1.82, 2.24) is 15.0 Å². The Bertz CT molecular complexity index is 1320. The molecule has 3 aromatic carbocycles. The lowest BCUT2D eigenvalue weighted by atomic mass is 10.2. The summed E-state index contributed by atoms with van der Waals surface area (Å²) in [4.78, 5) is 19.3. The number of aromatic nitrogens is 2. The number of aromatic hydroxyl groups is 1. The molecule has 0 saturated heterocycles. The highest BCUT2D eigenvalue weighted by atomic mass is 32.2. The quantitative estimate of drug-likeness (QED) is 0.189. The zero-order chi connectivity index (χ0) is 24.6. The number of para-hydroxylation sites is 2. The first-order valence-electron chi connectivity index (χ1n) is 11.6. The van der Waals surface area contributed by atoms with Gasteiger partial charge in [-0.3, -0.25) is 4.79 Å². The summed E-state index contributed by atoms with van der Waals surface area (Å²) in [6.07, 6.45) is 1.45. The number of hydrogen-bond donors (Lipinski definition) is 2. The third kappa shape index (κ3) is 6.02. The largest absolute Gasteiger partial charge is 0.507 e. The number of rotatable bonds is 10. The van der Waals surface area contributed by atoms with Crippen LogP contribution in [0.15, 0.2) is 83.1 Å². The first-order chi connectivity index (χ1) is 17.1. The number of amides is 1. The van der Waals surface area contributed by atoms with Crippen LogP contribution in [-0.2, 0) is 11.3 Å². The summed E-state index contributed by atoms with van der Waals surface area (Å²) in [6, 6.07) is 23.6. The fourth-order valence-electron chi connectivity index (χ4n) is 3.85. The number of hydrogen-bond acceptors (Lipinski definition) is 6. The van der Waals surface area contributed by atoms with Gasteiger partial charge in [0.1, 0.15) is 5.75 Å². The van der Waals surface area contributed by atoms with Gasteiger partial charge >= 0.3 is 0 Å². The zero-order valence-electron chi connectivity index (χ0n) is 19.9. The Morgan fingerprint density at radius 2 is 1.83 bits per heavy atom. The van der Waals surface area contributed by atoms with E-state index in [1.807, 2.05) is 48.5 Å². The molecule has 0 unspecified atom stereocenters. The van der Waals surface area contributed by atoms with Gasteiger partial charge in [-0.15, -0.1) is 0 Å². The van der Waals surface area contributed by atoms with E-state index < -0.39 is 0 Å². The normalized spacial score (nSPS) is 11.3. The van der Waals surface area contributed by atoms with Gasteiger partial charge in [-0.25, -0.2) is 10.4 Å². The predicted molar refractivity (Wildman–Crippen MR) is 143 cm³/mol. The Morgan fingerprint density at radius 1 is 1.09 bits per heavy atom. The lowest BCUT2D eigenvalue weighted by Crippen LogP contribution is -2.21. The number of fused-ring (bicyclic) bond motifs is 1. The Balaban J connectivity index is 1.40. The summed E-state index contributed by atoms with van der Waals surface area (Å²) in [6.45, 7) is 6.53. The van der Waals surface area contributed by atoms with Crippen LogP contribution in [0.3, 0.4) is 0 Å². The third-order valence-corrected chi connectivity index (χ3v) is 6.65. The van der Waals surface area contributed by atoms with Crippen molar-refractivity contribution < 1.29 is 9.90 Å². The van der Waals surface area contributed by atoms with Crippen LogP contribution in [0, 0.1) is 0 Å². The van der Waals surface area contributed by atoms with E-state index in [1.54, 1.807) is 12.1 Å². The van der Waals surface area contributed by atoms with E-state index in [9.17, 15) is 9.90 Å². The van der Waals surface area contributed by atoms with E-state index in [1.165, 1.54) is 23.5 Å². The highest BCUT2D eigenvalue weighted by Crippen LogP contribution is 2.26. The number of phenols is 1. The van der Waals surface area contributed by atoms with Crippen molar-refractivity contribution >= 4 is 40.6 Å². The zero-order valence-corrected chi connectivity index (χ0v) is 20.7. The molecule has 0 aliphatic heterocycles. The molecule has 0 radical (unpaired) electrons. The average molecular weight is 488 g/mol. The number of benzene rings is 3.